The van der Waals surface area contributed by atoms with Crippen LogP contribution in [0, 0.1) is 18.8 Å². The highest BCUT2D eigenvalue weighted by molar-refractivity contribution is 5.50. The zero-order valence-electron chi connectivity index (χ0n) is 15.8. The number of pyridine rings is 1. The molecule has 3 heterocycles. The van der Waals surface area contributed by atoms with Crippen LogP contribution < -0.4 is 4.90 Å². The smallest absolute Gasteiger partial charge is 0.138 e. The summed E-state index contributed by atoms with van der Waals surface area (Å²) in [5.74, 6) is 3.10. The molecule has 0 spiro atoms. The first-order valence-electron chi connectivity index (χ1n) is 10.0. The number of aromatic nitrogens is 4. The number of aryl methyl sites for hydroxylation is 1. The van der Waals surface area contributed by atoms with E-state index in [0.29, 0.717) is 6.04 Å². The van der Waals surface area contributed by atoms with Crippen molar-refractivity contribution in [3.63, 3.8) is 0 Å². The van der Waals surface area contributed by atoms with E-state index in [4.69, 9.17) is 4.98 Å². The van der Waals surface area contributed by atoms with E-state index in [1.807, 2.05) is 6.20 Å². The lowest BCUT2D eigenvalue weighted by molar-refractivity contribution is 0.0899. The molecular weight excluding hydrogens is 324 g/mol. The average molecular weight is 352 g/mol. The monoisotopic (exact) mass is 352 g/mol. The van der Waals surface area contributed by atoms with Crippen molar-refractivity contribution in [1.29, 1.82) is 0 Å². The van der Waals surface area contributed by atoms with Crippen LogP contribution in [0.15, 0.2) is 24.9 Å². The van der Waals surface area contributed by atoms with Crippen molar-refractivity contribution >= 4 is 5.82 Å². The Morgan fingerprint density at radius 3 is 2.73 bits per heavy atom. The second kappa shape index (κ2) is 6.34. The van der Waals surface area contributed by atoms with Gasteiger partial charge in [0, 0.05) is 31.7 Å². The largest absolute Gasteiger partial charge is 0.354 e. The Bertz CT molecular complexity index is 773. The normalized spacial score (nSPS) is 31.7. The quantitative estimate of drug-likeness (QED) is 0.850. The highest BCUT2D eigenvalue weighted by Crippen LogP contribution is 2.47. The lowest BCUT2D eigenvalue weighted by Gasteiger charge is -2.46. The maximum absolute atomic E-state index is 4.77. The molecule has 4 atom stereocenters. The zero-order valence-corrected chi connectivity index (χ0v) is 15.8. The first-order valence-corrected chi connectivity index (χ1v) is 10.0. The molecule has 0 amide bonds. The third kappa shape index (κ3) is 2.71. The van der Waals surface area contributed by atoms with Crippen LogP contribution in [0.25, 0.3) is 5.69 Å². The van der Waals surface area contributed by atoms with E-state index < -0.39 is 0 Å². The summed E-state index contributed by atoms with van der Waals surface area (Å²) >= 11 is 0. The van der Waals surface area contributed by atoms with Crippen LogP contribution in [0.1, 0.15) is 38.2 Å². The summed E-state index contributed by atoms with van der Waals surface area (Å²) in [5.41, 5.74) is 2.18. The van der Waals surface area contributed by atoms with Gasteiger partial charge < -0.3 is 4.90 Å². The van der Waals surface area contributed by atoms with E-state index in [1.54, 1.807) is 17.3 Å². The van der Waals surface area contributed by atoms with Gasteiger partial charge in [-0.15, -0.1) is 0 Å². The van der Waals surface area contributed by atoms with Crippen molar-refractivity contribution in [2.45, 2.75) is 51.6 Å². The predicted octanol–water partition coefficient (Wildman–Crippen LogP) is 2.67. The van der Waals surface area contributed by atoms with E-state index >= 15 is 0 Å². The van der Waals surface area contributed by atoms with E-state index in [0.717, 1.165) is 42.5 Å². The molecule has 0 radical (unpaired) electrons. The van der Waals surface area contributed by atoms with Gasteiger partial charge in [-0.05, 0) is 56.6 Å². The first-order chi connectivity index (χ1) is 12.7. The summed E-state index contributed by atoms with van der Waals surface area (Å²) in [6.07, 6.45) is 11.1. The van der Waals surface area contributed by atoms with Crippen molar-refractivity contribution < 1.29 is 0 Å². The van der Waals surface area contributed by atoms with Crippen molar-refractivity contribution in [3.8, 4) is 5.69 Å². The number of hydrogen-bond acceptors (Lipinski definition) is 5. The Kier molecular flexibility index (Phi) is 3.96. The third-order valence-electron chi connectivity index (χ3n) is 6.82. The molecule has 2 saturated carbocycles. The number of nitrogens with zero attached hydrogens (tertiary/aromatic N) is 6. The molecule has 3 fully saturated rings. The summed E-state index contributed by atoms with van der Waals surface area (Å²) in [6, 6.07) is 3.60. The van der Waals surface area contributed by atoms with Crippen LogP contribution in [0.5, 0.6) is 0 Å². The molecule has 0 N–H and O–H groups in total. The molecule has 2 unspecified atom stereocenters. The number of fused-ring (bicyclic) bond motifs is 2. The van der Waals surface area contributed by atoms with Gasteiger partial charge in [0.15, 0.2) is 0 Å². The highest BCUT2D eigenvalue weighted by Gasteiger charge is 2.44. The van der Waals surface area contributed by atoms with E-state index in [2.05, 4.69) is 39.8 Å². The molecule has 5 rings (SSSR count). The number of piperazine rings is 1. The van der Waals surface area contributed by atoms with E-state index in [9.17, 15) is 0 Å². The molecule has 6 heteroatoms. The first kappa shape index (κ1) is 16.2. The fourth-order valence-electron chi connectivity index (χ4n) is 5.62. The lowest BCUT2D eigenvalue weighted by Crippen LogP contribution is -2.56. The molecule has 3 aliphatic rings. The molecule has 2 aliphatic carbocycles. The molecule has 26 heavy (non-hydrogen) atoms. The van der Waals surface area contributed by atoms with Crippen molar-refractivity contribution in [2.75, 3.05) is 24.5 Å². The van der Waals surface area contributed by atoms with Gasteiger partial charge in [0.2, 0.25) is 0 Å². The fraction of sp³-hybridized carbons (Fsp3) is 0.650. The van der Waals surface area contributed by atoms with Gasteiger partial charge in [-0.2, -0.15) is 5.10 Å². The Morgan fingerprint density at radius 2 is 2.08 bits per heavy atom. The molecule has 2 aromatic rings. The molecule has 2 aromatic heterocycles. The number of hydrogen-bond donors (Lipinski definition) is 0. The maximum atomic E-state index is 4.77. The zero-order chi connectivity index (χ0) is 17.7. The minimum absolute atomic E-state index is 0.601. The Labute approximate surface area is 155 Å². The van der Waals surface area contributed by atoms with Gasteiger partial charge in [-0.3, -0.25) is 4.90 Å². The van der Waals surface area contributed by atoms with Crippen LogP contribution in [-0.2, 0) is 0 Å². The molecule has 138 valence electrons. The molecule has 0 aromatic carbocycles. The SMILES string of the molecule is Cc1cc(-n2cncn2)cnc1N1CCN([C@H]2CC3CCC2C3)[C@@H](C)C1. The summed E-state index contributed by atoms with van der Waals surface area (Å²) in [6.45, 7) is 7.87. The summed E-state index contributed by atoms with van der Waals surface area (Å²) < 4.78 is 1.76. The Balaban J connectivity index is 1.30. The molecule has 1 saturated heterocycles. The lowest BCUT2D eigenvalue weighted by atomic mass is 9.92. The topological polar surface area (TPSA) is 50.1 Å². The van der Waals surface area contributed by atoms with Gasteiger partial charge in [0.25, 0.3) is 0 Å². The molecule has 6 nitrogen and oxygen atoms in total. The Hall–Kier alpha value is -1.95. The standard InChI is InChI=1S/C20H28N6/c1-14-7-18(26-13-21-12-23-26)10-22-20(14)24-5-6-25(15(2)11-24)19-9-16-3-4-17(19)8-16/h7,10,12-13,15-17,19H,3-6,8-9,11H2,1-2H3/t15-,16?,17?,19-/m0/s1. The van der Waals surface area contributed by atoms with Crippen molar-refractivity contribution in [2.24, 2.45) is 11.8 Å². The minimum Gasteiger partial charge on any atom is -0.354 e. The molecular formula is C20H28N6. The third-order valence-corrected chi connectivity index (χ3v) is 6.82. The van der Waals surface area contributed by atoms with E-state index in [-0.39, 0.29) is 0 Å². The fourth-order valence-corrected chi connectivity index (χ4v) is 5.62. The average Bonchev–Trinajstić information content (AvgIpc) is 3.39. The number of anilines is 1. The van der Waals surface area contributed by atoms with Gasteiger partial charge in [0.05, 0.1) is 11.9 Å². The van der Waals surface area contributed by atoms with Crippen molar-refractivity contribution in [3.05, 3.63) is 30.5 Å². The van der Waals surface area contributed by atoms with Crippen LogP contribution in [0.2, 0.25) is 0 Å². The predicted molar refractivity (Wildman–Crippen MR) is 102 cm³/mol. The van der Waals surface area contributed by atoms with Crippen LogP contribution in [0.4, 0.5) is 5.82 Å². The maximum Gasteiger partial charge on any atom is 0.138 e. The van der Waals surface area contributed by atoms with Crippen LogP contribution >= 0.6 is 0 Å². The second-order valence-electron chi connectivity index (χ2n) is 8.45. The summed E-state index contributed by atoms with van der Waals surface area (Å²) in [7, 11) is 0. The summed E-state index contributed by atoms with van der Waals surface area (Å²) in [4.78, 5) is 14.1. The Morgan fingerprint density at radius 1 is 1.15 bits per heavy atom. The van der Waals surface area contributed by atoms with Crippen LogP contribution in [-0.4, -0.2) is 56.4 Å². The molecule has 2 bridgehead atoms. The van der Waals surface area contributed by atoms with Crippen molar-refractivity contribution in [1.82, 2.24) is 24.6 Å². The van der Waals surface area contributed by atoms with E-state index in [1.165, 1.54) is 37.8 Å². The highest BCUT2D eigenvalue weighted by atomic mass is 15.3. The second-order valence-corrected chi connectivity index (χ2v) is 8.45. The van der Waals surface area contributed by atoms with Gasteiger partial charge in [0.1, 0.15) is 18.5 Å². The summed E-state index contributed by atoms with van der Waals surface area (Å²) in [5, 5.41) is 4.20. The van der Waals surface area contributed by atoms with Gasteiger partial charge in [-0.1, -0.05) is 6.42 Å². The van der Waals surface area contributed by atoms with Gasteiger partial charge >= 0.3 is 0 Å². The minimum atomic E-state index is 0.601. The molecule has 1 aliphatic heterocycles. The number of rotatable bonds is 3. The van der Waals surface area contributed by atoms with Crippen LogP contribution in [0.3, 0.4) is 0 Å². The van der Waals surface area contributed by atoms with Gasteiger partial charge in [-0.25, -0.2) is 14.6 Å².